The van der Waals surface area contributed by atoms with E-state index in [9.17, 15) is 0 Å². The van der Waals surface area contributed by atoms with Crippen molar-refractivity contribution < 1.29 is 4.74 Å². The smallest absolute Gasteiger partial charge is 0.130 e. The number of hydrogen-bond acceptors (Lipinski definition) is 1. The van der Waals surface area contributed by atoms with Crippen LogP contribution in [0.15, 0.2) is 48.0 Å². The third kappa shape index (κ3) is 1.03. The number of ether oxygens (including phenoxy) is 1. The standard InChI is InChI=1S/C10H10O/c1-8-4-2-6-10-9(8)5-3-7-11-10/h2-8H,1H3. The minimum absolute atomic E-state index is 0.486. The highest BCUT2D eigenvalue weighted by molar-refractivity contribution is 5.41. The van der Waals surface area contributed by atoms with Gasteiger partial charge in [-0.15, -0.1) is 0 Å². The van der Waals surface area contributed by atoms with Gasteiger partial charge in [0.05, 0.1) is 6.26 Å². The molecule has 1 heterocycles. The highest BCUT2D eigenvalue weighted by Gasteiger charge is 2.15. The highest BCUT2D eigenvalue weighted by Crippen LogP contribution is 2.28. The molecule has 0 spiro atoms. The Morgan fingerprint density at radius 1 is 1.27 bits per heavy atom. The maximum atomic E-state index is 5.31. The Labute approximate surface area is 66.4 Å². The fourth-order valence-corrected chi connectivity index (χ4v) is 1.33. The Bertz CT molecular complexity index is 279. The van der Waals surface area contributed by atoms with Crippen molar-refractivity contribution in [2.45, 2.75) is 6.92 Å². The van der Waals surface area contributed by atoms with Crippen molar-refractivity contribution in [3.8, 4) is 0 Å². The molecule has 0 bridgehead atoms. The molecule has 0 aromatic heterocycles. The van der Waals surface area contributed by atoms with E-state index in [1.54, 1.807) is 6.26 Å². The van der Waals surface area contributed by atoms with Gasteiger partial charge in [0.15, 0.2) is 0 Å². The molecule has 1 atom stereocenters. The van der Waals surface area contributed by atoms with Gasteiger partial charge in [0.2, 0.25) is 0 Å². The number of allylic oxidation sites excluding steroid dienone is 6. The monoisotopic (exact) mass is 146 g/mol. The maximum Gasteiger partial charge on any atom is 0.130 e. The van der Waals surface area contributed by atoms with Crippen molar-refractivity contribution in [1.29, 1.82) is 0 Å². The lowest BCUT2D eigenvalue weighted by molar-refractivity contribution is 0.348. The van der Waals surface area contributed by atoms with Gasteiger partial charge in [-0.05, 0) is 12.2 Å². The molecule has 0 N–H and O–H groups in total. The lowest BCUT2D eigenvalue weighted by Gasteiger charge is -2.19. The van der Waals surface area contributed by atoms with Crippen LogP contribution in [0.1, 0.15) is 6.92 Å². The second kappa shape index (κ2) is 2.42. The molecule has 1 heteroatoms. The molecule has 0 fully saturated rings. The predicted molar refractivity (Wildman–Crippen MR) is 44.7 cm³/mol. The Morgan fingerprint density at radius 3 is 3.00 bits per heavy atom. The summed E-state index contributed by atoms with van der Waals surface area (Å²) < 4.78 is 5.31. The number of hydrogen-bond donors (Lipinski definition) is 0. The van der Waals surface area contributed by atoms with E-state index in [4.69, 9.17) is 4.74 Å². The normalized spacial score (nSPS) is 26.8. The van der Waals surface area contributed by atoms with Crippen LogP contribution in [0.25, 0.3) is 0 Å². The summed E-state index contributed by atoms with van der Waals surface area (Å²) in [5.74, 6) is 1.47. The Morgan fingerprint density at radius 2 is 2.18 bits per heavy atom. The van der Waals surface area contributed by atoms with E-state index in [-0.39, 0.29) is 0 Å². The van der Waals surface area contributed by atoms with Gasteiger partial charge in [-0.3, -0.25) is 0 Å². The summed E-state index contributed by atoms with van der Waals surface area (Å²) in [7, 11) is 0. The summed E-state index contributed by atoms with van der Waals surface area (Å²) in [6, 6.07) is 0. The summed E-state index contributed by atoms with van der Waals surface area (Å²) in [5.41, 5.74) is 1.27. The van der Waals surface area contributed by atoms with Crippen LogP contribution in [0.3, 0.4) is 0 Å². The lowest BCUT2D eigenvalue weighted by Crippen LogP contribution is -2.06. The van der Waals surface area contributed by atoms with Crippen molar-refractivity contribution in [3.05, 3.63) is 48.0 Å². The Hall–Kier alpha value is -1.24. The zero-order valence-corrected chi connectivity index (χ0v) is 6.45. The minimum atomic E-state index is 0.486. The predicted octanol–water partition coefficient (Wildman–Crippen LogP) is 2.55. The molecule has 0 radical (unpaired) electrons. The Balaban J connectivity index is 2.41. The summed E-state index contributed by atoms with van der Waals surface area (Å²) in [5, 5.41) is 0. The van der Waals surface area contributed by atoms with E-state index in [2.05, 4.69) is 19.1 Å². The third-order valence-corrected chi connectivity index (χ3v) is 1.97. The molecule has 1 nitrogen and oxygen atoms in total. The minimum Gasteiger partial charge on any atom is -0.465 e. The zero-order chi connectivity index (χ0) is 7.68. The van der Waals surface area contributed by atoms with Gasteiger partial charge in [-0.25, -0.2) is 0 Å². The molecular weight excluding hydrogens is 136 g/mol. The Kier molecular flexibility index (Phi) is 1.42. The molecule has 11 heavy (non-hydrogen) atoms. The molecule has 0 amide bonds. The van der Waals surface area contributed by atoms with Gasteiger partial charge >= 0.3 is 0 Å². The molecular formula is C10H10O. The molecule has 0 saturated heterocycles. The van der Waals surface area contributed by atoms with Crippen molar-refractivity contribution in [3.63, 3.8) is 0 Å². The zero-order valence-electron chi connectivity index (χ0n) is 6.45. The van der Waals surface area contributed by atoms with Crippen LogP contribution in [-0.4, -0.2) is 0 Å². The summed E-state index contributed by atoms with van der Waals surface area (Å²) in [6.07, 6.45) is 11.9. The molecule has 2 aliphatic rings. The fourth-order valence-electron chi connectivity index (χ4n) is 1.33. The molecule has 1 unspecified atom stereocenters. The van der Waals surface area contributed by atoms with E-state index in [1.807, 2.05) is 18.2 Å². The van der Waals surface area contributed by atoms with Crippen LogP contribution < -0.4 is 0 Å². The van der Waals surface area contributed by atoms with E-state index >= 15 is 0 Å². The second-order valence-corrected chi connectivity index (χ2v) is 2.77. The van der Waals surface area contributed by atoms with Crippen LogP contribution in [0.5, 0.6) is 0 Å². The fraction of sp³-hybridized carbons (Fsp3) is 0.200. The van der Waals surface area contributed by atoms with Gasteiger partial charge in [-0.1, -0.05) is 25.2 Å². The van der Waals surface area contributed by atoms with Crippen LogP contribution in [0.4, 0.5) is 0 Å². The van der Waals surface area contributed by atoms with E-state index in [1.165, 1.54) is 5.57 Å². The topological polar surface area (TPSA) is 9.23 Å². The molecule has 0 aromatic carbocycles. The number of fused-ring (bicyclic) bond motifs is 1. The first kappa shape index (κ1) is 6.47. The average Bonchev–Trinajstić information content (AvgIpc) is 2.06. The summed E-state index contributed by atoms with van der Waals surface area (Å²) >= 11 is 0. The van der Waals surface area contributed by atoms with E-state index in [0.717, 1.165) is 5.76 Å². The van der Waals surface area contributed by atoms with E-state index < -0.39 is 0 Å². The molecule has 56 valence electrons. The van der Waals surface area contributed by atoms with Crippen molar-refractivity contribution >= 4 is 0 Å². The van der Waals surface area contributed by atoms with E-state index in [0.29, 0.717) is 5.92 Å². The summed E-state index contributed by atoms with van der Waals surface area (Å²) in [4.78, 5) is 0. The molecule has 1 aliphatic carbocycles. The summed E-state index contributed by atoms with van der Waals surface area (Å²) in [6.45, 7) is 2.16. The SMILES string of the molecule is CC1C=CC=C2OC=CC=C21. The highest BCUT2D eigenvalue weighted by atomic mass is 16.5. The quantitative estimate of drug-likeness (QED) is 0.510. The largest absolute Gasteiger partial charge is 0.465 e. The van der Waals surface area contributed by atoms with Crippen LogP contribution in [0.2, 0.25) is 0 Å². The van der Waals surface area contributed by atoms with Crippen molar-refractivity contribution in [2.75, 3.05) is 0 Å². The maximum absolute atomic E-state index is 5.31. The van der Waals surface area contributed by atoms with Gasteiger partial charge < -0.3 is 4.74 Å². The first-order valence-electron chi connectivity index (χ1n) is 3.80. The van der Waals surface area contributed by atoms with Gasteiger partial charge in [0, 0.05) is 11.5 Å². The first-order valence-corrected chi connectivity index (χ1v) is 3.80. The van der Waals surface area contributed by atoms with Crippen LogP contribution >= 0.6 is 0 Å². The van der Waals surface area contributed by atoms with Crippen LogP contribution in [-0.2, 0) is 4.74 Å². The first-order chi connectivity index (χ1) is 5.38. The van der Waals surface area contributed by atoms with Gasteiger partial charge in [0.25, 0.3) is 0 Å². The lowest BCUT2D eigenvalue weighted by atomic mass is 9.94. The van der Waals surface area contributed by atoms with Crippen molar-refractivity contribution in [2.24, 2.45) is 5.92 Å². The molecule has 0 saturated carbocycles. The van der Waals surface area contributed by atoms with Crippen LogP contribution in [0, 0.1) is 5.92 Å². The molecule has 0 aromatic rings. The second-order valence-electron chi connectivity index (χ2n) is 2.77. The van der Waals surface area contributed by atoms with Crippen molar-refractivity contribution in [1.82, 2.24) is 0 Å². The average molecular weight is 146 g/mol. The molecule has 1 aliphatic heterocycles. The van der Waals surface area contributed by atoms with Gasteiger partial charge in [-0.2, -0.15) is 0 Å². The molecule has 2 rings (SSSR count). The third-order valence-electron chi connectivity index (χ3n) is 1.97. The van der Waals surface area contributed by atoms with Gasteiger partial charge in [0.1, 0.15) is 5.76 Å². The number of rotatable bonds is 0.